The van der Waals surface area contributed by atoms with Crippen molar-refractivity contribution in [2.45, 2.75) is 277 Å². The molecule has 0 aromatic carbocycles. The van der Waals surface area contributed by atoms with Gasteiger partial charge in [-0.15, -0.1) is 0 Å². The second-order valence-corrected chi connectivity index (χ2v) is 23.8. The summed E-state index contributed by atoms with van der Waals surface area (Å²) in [7, 11) is 1.16. The molecule has 2 atom stereocenters. The van der Waals surface area contributed by atoms with Crippen LogP contribution < -0.4 is 4.89 Å². The molecule has 0 aromatic rings. The molecule has 0 aliphatic carbocycles. The molecule has 450 valence electrons. The first-order chi connectivity index (χ1) is 38.0. The van der Waals surface area contributed by atoms with Crippen LogP contribution in [0, 0.1) is 0 Å². The smallest absolute Gasteiger partial charge is 0.306 e. The van der Waals surface area contributed by atoms with Gasteiger partial charge in [-0.25, -0.2) is 0 Å². The number of esters is 2. The molecule has 0 aliphatic heterocycles. The number of carbonyl (C=O) groups is 2. The summed E-state index contributed by atoms with van der Waals surface area (Å²) >= 11 is 0. The van der Waals surface area contributed by atoms with Crippen molar-refractivity contribution in [2.75, 3.05) is 47.5 Å². The maximum absolute atomic E-state index is 12.8. The molecular formula is C68H120NO8P. The minimum atomic E-state index is -4.64. The van der Waals surface area contributed by atoms with Gasteiger partial charge in [-0.3, -0.25) is 14.2 Å². The third-order valence-electron chi connectivity index (χ3n) is 13.6. The number of nitrogens with zero attached hydrogens (tertiary/aromatic N) is 1. The number of phosphoric ester groups is 1. The molecule has 0 fully saturated rings. The van der Waals surface area contributed by atoms with Crippen LogP contribution in [0.2, 0.25) is 0 Å². The SMILES string of the molecule is CC/C=C\C/C=C\C/C=C\C/C=C\C/C=C\C/C=C\C/C=C\CCCCCCCCCCCCCCCC(=O)OC(COC(=O)CCCCCCCCCCC/C=C\CCCCCCCC)COP(=O)([O-])OCC[N+](C)(C)C. The molecule has 0 spiro atoms. The van der Waals surface area contributed by atoms with Crippen LogP contribution in [0.3, 0.4) is 0 Å². The summed E-state index contributed by atoms with van der Waals surface area (Å²) in [5, 5.41) is 0. The quantitative estimate of drug-likeness (QED) is 0.0195. The van der Waals surface area contributed by atoms with Gasteiger partial charge in [0.05, 0.1) is 27.7 Å². The van der Waals surface area contributed by atoms with Gasteiger partial charge in [0.25, 0.3) is 7.82 Å². The van der Waals surface area contributed by atoms with E-state index in [-0.39, 0.29) is 32.0 Å². The van der Waals surface area contributed by atoms with Crippen LogP contribution in [0.25, 0.3) is 0 Å². The van der Waals surface area contributed by atoms with Crippen molar-refractivity contribution in [3.8, 4) is 0 Å². The van der Waals surface area contributed by atoms with Gasteiger partial charge in [0.2, 0.25) is 0 Å². The number of quaternary nitrogens is 1. The average molecular weight is 1110 g/mol. The van der Waals surface area contributed by atoms with Crippen LogP contribution in [0.15, 0.2) is 97.2 Å². The van der Waals surface area contributed by atoms with Gasteiger partial charge < -0.3 is 27.9 Å². The lowest BCUT2D eigenvalue weighted by atomic mass is 10.0. The fourth-order valence-corrected chi connectivity index (χ4v) is 9.42. The molecule has 0 saturated heterocycles. The van der Waals surface area contributed by atoms with Crippen LogP contribution >= 0.6 is 7.82 Å². The van der Waals surface area contributed by atoms with Gasteiger partial charge in [0.15, 0.2) is 6.10 Å². The predicted octanol–water partition coefficient (Wildman–Crippen LogP) is 19.7. The van der Waals surface area contributed by atoms with Crippen LogP contribution in [0.4, 0.5) is 0 Å². The standard InChI is InChI=1S/C68H120NO8P/c1-6-8-10-12-14-16-18-20-22-24-26-27-28-29-30-31-32-33-34-35-36-37-38-39-40-41-43-45-47-49-51-53-55-57-59-61-68(71)77-66(65-76-78(72,73)75-63-62-69(3,4)5)64-74-67(70)60-58-56-54-52-50-48-46-44-42-25-23-21-19-17-15-13-11-9-7-2/h8,10,14,16,20-23,26-27,29-30,32-33,35-36,66H,6-7,9,11-13,15,17-19,24-25,28,31,34,37-65H2,1-5H3/b10-8-,16-14-,22-20-,23-21-,27-26-,30-29-,33-32-,36-35-. The number of ether oxygens (including phenoxy) is 2. The molecule has 10 heteroatoms. The van der Waals surface area contributed by atoms with E-state index in [2.05, 4.69) is 111 Å². The number of hydrogen-bond acceptors (Lipinski definition) is 8. The van der Waals surface area contributed by atoms with E-state index in [4.69, 9.17) is 18.5 Å². The number of likely N-dealkylation sites (N-methyl/N-ethyl adjacent to an activating group) is 1. The first kappa shape index (κ1) is 74.9. The number of allylic oxidation sites excluding steroid dienone is 16. The molecule has 0 amide bonds. The summed E-state index contributed by atoms with van der Waals surface area (Å²) in [6, 6.07) is 0. The molecule has 78 heavy (non-hydrogen) atoms. The zero-order valence-corrected chi connectivity index (χ0v) is 52.0. The first-order valence-electron chi connectivity index (χ1n) is 31.9. The Kier molecular flexibility index (Phi) is 56.3. The minimum Gasteiger partial charge on any atom is -0.756 e. The van der Waals surface area contributed by atoms with Gasteiger partial charge in [-0.1, -0.05) is 259 Å². The van der Waals surface area contributed by atoms with Crippen LogP contribution in [0.5, 0.6) is 0 Å². The molecule has 0 heterocycles. The fraction of sp³-hybridized carbons (Fsp3) is 0.735. The minimum absolute atomic E-state index is 0.0340. The van der Waals surface area contributed by atoms with Crippen molar-refractivity contribution in [3.05, 3.63) is 97.2 Å². The normalized spacial score (nSPS) is 13.9. The molecule has 0 aromatic heterocycles. The van der Waals surface area contributed by atoms with Crippen LogP contribution in [0.1, 0.15) is 271 Å². The third-order valence-corrected chi connectivity index (χ3v) is 14.6. The van der Waals surface area contributed by atoms with E-state index in [9.17, 15) is 19.0 Å². The van der Waals surface area contributed by atoms with Crippen molar-refractivity contribution in [2.24, 2.45) is 0 Å². The molecule has 0 saturated carbocycles. The lowest BCUT2D eigenvalue weighted by molar-refractivity contribution is -0.870. The Balaban J connectivity index is 4.09. The van der Waals surface area contributed by atoms with Gasteiger partial charge in [0.1, 0.15) is 19.8 Å². The van der Waals surface area contributed by atoms with E-state index in [1.54, 1.807) is 0 Å². The lowest BCUT2D eigenvalue weighted by Gasteiger charge is -2.28. The predicted molar refractivity (Wildman–Crippen MR) is 332 cm³/mol. The molecule has 0 N–H and O–H groups in total. The maximum Gasteiger partial charge on any atom is 0.306 e. The molecule has 0 radical (unpaired) electrons. The van der Waals surface area contributed by atoms with Gasteiger partial charge in [-0.05, 0) is 96.3 Å². The number of phosphoric acid groups is 1. The highest BCUT2D eigenvalue weighted by Crippen LogP contribution is 2.38. The Hall–Kier alpha value is -3.07. The topological polar surface area (TPSA) is 111 Å². The van der Waals surface area contributed by atoms with E-state index < -0.39 is 26.5 Å². The van der Waals surface area contributed by atoms with E-state index in [0.717, 1.165) is 83.5 Å². The number of unbranched alkanes of at least 4 members (excludes halogenated alkanes) is 28. The second kappa shape index (κ2) is 58.6. The highest BCUT2D eigenvalue weighted by atomic mass is 31.2. The van der Waals surface area contributed by atoms with Crippen molar-refractivity contribution >= 4 is 19.8 Å². The highest BCUT2D eigenvalue weighted by molar-refractivity contribution is 7.45. The fourth-order valence-electron chi connectivity index (χ4n) is 8.69. The molecule has 0 bridgehead atoms. The number of carbonyl (C=O) groups excluding carboxylic acids is 2. The van der Waals surface area contributed by atoms with Crippen LogP contribution in [-0.4, -0.2) is 70.0 Å². The van der Waals surface area contributed by atoms with Gasteiger partial charge in [-0.2, -0.15) is 0 Å². The Morgan fingerprint density at radius 1 is 0.410 bits per heavy atom. The molecule has 9 nitrogen and oxygen atoms in total. The van der Waals surface area contributed by atoms with Crippen molar-refractivity contribution in [1.82, 2.24) is 0 Å². The first-order valence-corrected chi connectivity index (χ1v) is 33.4. The average Bonchev–Trinajstić information content (AvgIpc) is 3.41. The summed E-state index contributed by atoms with van der Waals surface area (Å²) in [6.45, 7) is 4.13. The number of rotatable bonds is 58. The number of hydrogen-bond donors (Lipinski definition) is 0. The van der Waals surface area contributed by atoms with Crippen LogP contribution in [-0.2, 0) is 32.7 Å². The summed E-state index contributed by atoms with van der Waals surface area (Å²) in [6.07, 6.45) is 80.3. The summed E-state index contributed by atoms with van der Waals surface area (Å²) in [5.74, 6) is -0.833. The van der Waals surface area contributed by atoms with E-state index in [1.165, 1.54) is 154 Å². The Morgan fingerprint density at radius 3 is 1.10 bits per heavy atom. The van der Waals surface area contributed by atoms with E-state index in [0.29, 0.717) is 17.4 Å². The monoisotopic (exact) mass is 1110 g/mol. The maximum atomic E-state index is 12.8. The molecule has 0 aliphatic rings. The zero-order valence-electron chi connectivity index (χ0n) is 51.1. The van der Waals surface area contributed by atoms with Gasteiger partial charge in [0, 0.05) is 12.8 Å². The highest BCUT2D eigenvalue weighted by Gasteiger charge is 2.22. The molecule has 2 unspecified atom stereocenters. The summed E-state index contributed by atoms with van der Waals surface area (Å²) in [5.41, 5.74) is 0. The van der Waals surface area contributed by atoms with E-state index >= 15 is 0 Å². The zero-order chi connectivity index (χ0) is 57.0. The van der Waals surface area contributed by atoms with E-state index in [1.807, 2.05) is 21.1 Å². The lowest BCUT2D eigenvalue weighted by Crippen LogP contribution is -2.37. The van der Waals surface area contributed by atoms with Crippen molar-refractivity contribution < 1.29 is 42.1 Å². The van der Waals surface area contributed by atoms with Crippen molar-refractivity contribution in [3.63, 3.8) is 0 Å². The van der Waals surface area contributed by atoms with Gasteiger partial charge >= 0.3 is 11.9 Å². The summed E-state index contributed by atoms with van der Waals surface area (Å²) in [4.78, 5) is 37.9. The molecular weight excluding hydrogens is 990 g/mol. The Morgan fingerprint density at radius 2 is 0.731 bits per heavy atom. The Bertz CT molecular complexity index is 1640. The largest absolute Gasteiger partial charge is 0.756 e. The third kappa shape index (κ3) is 62.1. The Labute approximate surface area is 481 Å². The second-order valence-electron chi connectivity index (χ2n) is 22.4. The summed E-state index contributed by atoms with van der Waals surface area (Å²) < 4.78 is 34.2. The molecule has 0 rings (SSSR count). The van der Waals surface area contributed by atoms with Crippen molar-refractivity contribution in [1.29, 1.82) is 0 Å².